The van der Waals surface area contributed by atoms with Crippen LogP contribution >= 0.6 is 0 Å². The van der Waals surface area contributed by atoms with Crippen LogP contribution in [0.3, 0.4) is 0 Å². The zero-order valence-electron chi connectivity index (χ0n) is 10.4. The second kappa shape index (κ2) is 4.61. The molecule has 1 aromatic rings. The summed E-state index contributed by atoms with van der Waals surface area (Å²) in [5, 5.41) is 1.15. The molecule has 1 heterocycles. The van der Waals surface area contributed by atoms with E-state index in [0.29, 0.717) is 5.69 Å². The smallest absolute Gasteiger partial charge is 0.274 e. The molecule has 0 spiro atoms. The normalized spacial score (nSPS) is 11.3. The monoisotopic (exact) mass is 222 g/mol. The first kappa shape index (κ1) is 12.6. The molecule has 88 valence electrons. The second-order valence-electron chi connectivity index (χ2n) is 4.67. The van der Waals surface area contributed by atoms with E-state index in [4.69, 9.17) is 4.84 Å². The Balaban J connectivity index is 2.91. The van der Waals surface area contributed by atoms with Gasteiger partial charge in [0.05, 0.1) is 7.11 Å². The van der Waals surface area contributed by atoms with Crippen molar-refractivity contribution in [1.29, 1.82) is 0 Å². The van der Waals surface area contributed by atoms with Crippen LogP contribution in [0, 0.1) is 0 Å². The van der Waals surface area contributed by atoms with E-state index in [2.05, 4.69) is 25.8 Å². The summed E-state index contributed by atoms with van der Waals surface area (Å²) in [4.78, 5) is 20.6. The Labute approximate surface area is 96.2 Å². The van der Waals surface area contributed by atoms with Crippen molar-refractivity contribution >= 4 is 5.91 Å². The summed E-state index contributed by atoms with van der Waals surface area (Å²) in [6.45, 7) is 6.31. The second-order valence-corrected chi connectivity index (χ2v) is 4.67. The van der Waals surface area contributed by atoms with E-state index in [1.54, 1.807) is 19.3 Å². The van der Waals surface area contributed by atoms with Crippen molar-refractivity contribution in [3.63, 3.8) is 0 Å². The molecule has 0 aromatic carbocycles. The SMILES string of the molecule is CON(C)C(=O)c1ccc(C(C)(C)C)cn1. The lowest BCUT2D eigenvalue weighted by atomic mass is 9.88. The van der Waals surface area contributed by atoms with Gasteiger partial charge in [0.15, 0.2) is 0 Å². The maximum absolute atomic E-state index is 11.7. The summed E-state index contributed by atoms with van der Waals surface area (Å²) >= 11 is 0. The molecule has 4 heteroatoms. The lowest BCUT2D eigenvalue weighted by Crippen LogP contribution is -2.26. The van der Waals surface area contributed by atoms with Gasteiger partial charge in [-0.1, -0.05) is 26.8 Å². The van der Waals surface area contributed by atoms with E-state index in [0.717, 1.165) is 10.6 Å². The Hall–Kier alpha value is -1.42. The molecule has 0 aliphatic heterocycles. The first-order valence-corrected chi connectivity index (χ1v) is 5.15. The third-order valence-electron chi connectivity index (χ3n) is 2.41. The Bertz CT molecular complexity index is 366. The van der Waals surface area contributed by atoms with Crippen LogP contribution in [0.15, 0.2) is 18.3 Å². The van der Waals surface area contributed by atoms with Gasteiger partial charge in [-0.15, -0.1) is 0 Å². The summed E-state index contributed by atoms with van der Waals surface area (Å²) in [5.74, 6) is -0.247. The highest BCUT2D eigenvalue weighted by atomic mass is 16.7. The molecule has 0 bridgehead atoms. The van der Waals surface area contributed by atoms with Crippen LogP contribution in [0.1, 0.15) is 36.8 Å². The number of hydrogen-bond acceptors (Lipinski definition) is 3. The molecule has 0 aliphatic carbocycles. The van der Waals surface area contributed by atoms with E-state index >= 15 is 0 Å². The Morgan fingerprint density at radius 2 is 2.00 bits per heavy atom. The van der Waals surface area contributed by atoms with Gasteiger partial charge in [0.1, 0.15) is 5.69 Å². The molecular weight excluding hydrogens is 204 g/mol. The number of rotatable bonds is 2. The van der Waals surface area contributed by atoms with Crippen LogP contribution in [-0.4, -0.2) is 30.1 Å². The molecule has 0 N–H and O–H groups in total. The zero-order valence-corrected chi connectivity index (χ0v) is 10.4. The molecule has 1 rings (SSSR count). The number of pyridine rings is 1. The fraction of sp³-hybridized carbons (Fsp3) is 0.500. The highest BCUT2D eigenvalue weighted by Gasteiger charge is 2.16. The summed E-state index contributed by atoms with van der Waals surface area (Å²) in [6.07, 6.45) is 1.73. The van der Waals surface area contributed by atoms with Gasteiger partial charge >= 0.3 is 0 Å². The quantitative estimate of drug-likeness (QED) is 0.719. The first-order chi connectivity index (χ1) is 7.36. The van der Waals surface area contributed by atoms with E-state index in [1.165, 1.54) is 7.11 Å². The number of amides is 1. The fourth-order valence-electron chi connectivity index (χ4n) is 1.21. The summed E-state index contributed by atoms with van der Waals surface area (Å²) in [7, 11) is 3.00. The molecule has 0 unspecified atom stereocenters. The van der Waals surface area contributed by atoms with Crippen molar-refractivity contribution in [3.05, 3.63) is 29.6 Å². The molecule has 0 atom stereocenters. The maximum atomic E-state index is 11.7. The van der Waals surface area contributed by atoms with Gasteiger partial charge in [0.25, 0.3) is 5.91 Å². The minimum absolute atomic E-state index is 0.0434. The molecule has 1 amide bonds. The predicted molar refractivity (Wildman–Crippen MR) is 62.0 cm³/mol. The number of aromatic nitrogens is 1. The Morgan fingerprint density at radius 3 is 2.38 bits per heavy atom. The molecule has 0 aliphatic rings. The van der Waals surface area contributed by atoms with Gasteiger partial charge in [-0.3, -0.25) is 14.6 Å². The van der Waals surface area contributed by atoms with E-state index in [9.17, 15) is 4.79 Å². The minimum Gasteiger partial charge on any atom is -0.274 e. The Morgan fingerprint density at radius 1 is 1.38 bits per heavy atom. The molecule has 1 aromatic heterocycles. The number of nitrogens with zero attached hydrogens (tertiary/aromatic N) is 2. The van der Waals surface area contributed by atoms with Crippen molar-refractivity contribution in [2.45, 2.75) is 26.2 Å². The molecule has 0 fully saturated rings. The van der Waals surface area contributed by atoms with Gasteiger partial charge in [-0.25, -0.2) is 5.06 Å². The van der Waals surface area contributed by atoms with Crippen molar-refractivity contribution in [2.75, 3.05) is 14.2 Å². The number of carbonyl (C=O) groups is 1. The highest BCUT2D eigenvalue weighted by Crippen LogP contribution is 2.21. The lowest BCUT2D eigenvalue weighted by molar-refractivity contribution is -0.0760. The molecule has 0 radical (unpaired) electrons. The van der Waals surface area contributed by atoms with E-state index < -0.39 is 0 Å². The number of hydroxylamine groups is 2. The first-order valence-electron chi connectivity index (χ1n) is 5.15. The molecule has 4 nitrogen and oxygen atoms in total. The summed E-state index contributed by atoms with van der Waals surface area (Å²) in [6, 6.07) is 3.64. The topological polar surface area (TPSA) is 42.4 Å². The van der Waals surface area contributed by atoms with Crippen molar-refractivity contribution in [3.8, 4) is 0 Å². The van der Waals surface area contributed by atoms with Gasteiger partial charge in [-0.05, 0) is 17.0 Å². The van der Waals surface area contributed by atoms with Crippen molar-refractivity contribution in [2.24, 2.45) is 0 Å². The van der Waals surface area contributed by atoms with Gasteiger partial charge in [0, 0.05) is 13.2 Å². The molecule has 0 saturated heterocycles. The van der Waals surface area contributed by atoms with Crippen LogP contribution < -0.4 is 0 Å². The van der Waals surface area contributed by atoms with Crippen molar-refractivity contribution in [1.82, 2.24) is 10.0 Å². The summed E-state index contributed by atoms with van der Waals surface area (Å²) < 4.78 is 0. The van der Waals surface area contributed by atoms with Gasteiger partial charge in [0.2, 0.25) is 0 Å². The van der Waals surface area contributed by atoms with Crippen LogP contribution in [0.5, 0.6) is 0 Å². The molecule has 0 saturated carbocycles. The van der Waals surface area contributed by atoms with Crippen LogP contribution in [0.2, 0.25) is 0 Å². The van der Waals surface area contributed by atoms with Crippen LogP contribution in [0.4, 0.5) is 0 Å². The predicted octanol–water partition coefficient (Wildman–Crippen LogP) is 2.01. The van der Waals surface area contributed by atoms with Gasteiger partial charge in [-0.2, -0.15) is 0 Å². The van der Waals surface area contributed by atoms with Crippen molar-refractivity contribution < 1.29 is 9.63 Å². The fourth-order valence-corrected chi connectivity index (χ4v) is 1.21. The Kier molecular flexibility index (Phi) is 3.65. The number of carbonyl (C=O) groups excluding carboxylic acids is 1. The highest BCUT2D eigenvalue weighted by molar-refractivity contribution is 5.91. The largest absolute Gasteiger partial charge is 0.295 e. The third kappa shape index (κ3) is 2.79. The number of hydrogen-bond donors (Lipinski definition) is 0. The lowest BCUT2D eigenvalue weighted by Gasteiger charge is -2.19. The third-order valence-corrected chi connectivity index (χ3v) is 2.41. The maximum Gasteiger partial charge on any atom is 0.295 e. The standard InChI is InChI=1S/C12H18N2O2/c1-12(2,3)9-6-7-10(13-8-9)11(15)14(4)16-5/h6-8H,1-5H3. The van der Waals surface area contributed by atoms with E-state index in [1.807, 2.05) is 6.07 Å². The zero-order chi connectivity index (χ0) is 12.3. The van der Waals surface area contributed by atoms with Crippen LogP contribution in [0.25, 0.3) is 0 Å². The average molecular weight is 222 g/mol. The molecule has 16 heavy (non-hydrogen) atoms. The average Bonchev–Trinajstić information content (AvgIpc) is 2.26. The van der Waals surface area contributed by atoms with Crippen LogP contribution in [-0.2, 0) is 10.3 Å². The van der Waals surface area contributed by atoms with E-state index in [-0.39, 0.29) is 11.3 Å². The summed E-state index contributed by atoms with van der Waals surface area (Å²) in [5.41, 5.74) is 1.53. The molecular formula is C12H18N2O2. The van der Waals surface area contributed by atoms with Gasteiger partial charge < -0.3 is 0 Å². The minimum atomic E-state index is -0.247.